The van der Waals surface area contributed by atoms with Crippen LogP contribution in [0.1, 0.15) is 0 Å². The molecule has 2 rings (SSSR count). The van der Waals surface area contributed by atoms with Gasteiger partial charge in [-0.3, -0.25) is 0 Å². The van der Waals surface area contributed by atoms with Crippen molar-refractivity contribution in [1.29, 1.82) is 0 Å². The number of benzene rings is 2. The summed E-state index contributed by atoms with van der Waals surface area (Å²) in [6.45, 7) is 0.606. The zero-order chi connectivity index (χ0) is 11.9. The number of ether oxygens (including phenoxy) is 1. The summed E-state index contributed by atoms with van der Waals surface area (Å²) in [4.78, 5) is 0. The molecule has 3 heteroatoms. The summed E-state index contributed by atoms with van der Waals surface area (Å²) in [6, 6.07) is 17.3. The Bertz CT molecular complexity index is 457. The topological polar surface area (TPSA) is 41.5 Å². The number of hydrogen-bond acceptors (Lipinski definition) is 3. The largest absolute Gasteiger partial charge is 0.455 e. The number of nitrogens with one attached hydrogen (secondary N) is 1. The van der Waals surface area contributed by atoms with Crippen molar-refractivity contribution in [3.63, 3.8) is 0 Å². The van der Waals surface area contributed by atoms with Gasteiger partial charge in [-0.2, -0.15) is 0 Å². The fourth-order valence-electron chi connectivity index (χ4n) is 1.51. The second kappa shape index (κ2) is 5.92. The average Bonchev–Trinajstić information content (AvgIpc) is 2.39. The van der Waals surface area contributed by atoms with Gasteiger partial charge in [0.2, 0.25) is 0 Å². The van der Waals surface area contributed by atoms with Crippen LogP contribution in [0, 0.1) is 0 Å². The van der Waals surface area contributed by atoms with Gasteiger partial charge in [-0.15, -0.1) is 0 Å². The molecular formula is C14H15NO2. The fraction of sp³-hybridized carbons (Fsp3) is 0.143. The highest BCUT2D eigenvalue weighted by atomic mass is 16.5. The van der Waals surface area contributed by atoms with Crippen LogP contribution in [0.2, 0.25) is 0 Å². The Kier molecular flexibility index (Phi) is 4.00. The van der Waals surface area contributed by atoms with Gasteiger partial charge in [-0.05, 0) is 24.3 Å². The highest BCUT2D eigenvalue weighted by molar-refractivity contribution is 5.57. The summed E-state index contributed by atoms with van der Waals surface area (Å²) in [6.07, 6.45) is 0. The minimum Gasteiger partial charge on any atom is -0.455 e. The molecule has 0 heterocycles. The zero-order valence-electron chi connectivity index (χ0n) is 9.47. The Morgan fingerprint density at radius 3 is 2.41 bits per heavy atom. The summed E-state index contributed by atoms with van der Waals surface area (Å²) in [5, 5.41) is 11.9. The van der Waals surface area contributed by atoms with E-state index in [9.17, 15) is 0 Å². The Balaban J connectivity index is 2.15. The lowest BCUT2D eigenvalue weighted by molar-refractivity contribution is 0.311. The minimum absolute atomic E-state index is 0.0969. The predicted octanol–water partition coefficient (Wildman–Crippen LogP) is 2.88. The van der Waals surface area contributed by atoms with E-state index in [1.54, 1.807) is 0 Å². The normalized spacial score (nSPS) is 9.94. The molecule has 88 valence electrons. The van der Waals surface area contributed by atoms with E-state index in [4.69, 9.17) is 9.84 Å². The molecule has 0 aliphatic heterocycles. The van der Waals surface area contributed by atoms with Crippen molar-refractivity contribution >= 4 is 5.69 Å². The molecule has 0 bridgehead atoms. The number of rotatable bonds is 5. The van der Waals surface area contributed by atoms with Crippen molar-refractivity contribution in [2.45, 2.75) is 0 Å². The molecule has 3 nitrogen and oxygen atoms in total. The summed E-state index contributed by atoms with van der Waals surface area (Å²) in [5.74, 6) is 1.55. The summed E-state index contributed by atoms with van der Waals surface area (Å²) < 4.78 is 5.76. The molecule has 2 N–H and O–H groups in total. The zero-order valence-corrected chi connectivity index (χ0v) is 9.47. The first-order valence-corrected chi connectivity index (χ1v) is 5.57. The van der Waals surface area contributed by atoms with Crippen molar-refractivity contribution in [3.05, 3.63) is 54.6 Å². The molecule has 0 saturated heterocycles. The molecule has 0 unspecified atom stereocenters. The molecule has 0 fully saturated rings. The first-order chi connectivity index (χ1) is 8.40. The molecule has 0 spiro atoms. The lowest BCUT2D eigenvalue weighted by Gasteiger charge is -2.12. The van der Waals surface area contributed by atoms with Gasteiger partial charge in [0.1, 0.15) is 5.75 Å². The van der Waals surface area contributed by atoms with Crippen LogP contribution >= 0.6 is 0 Å². The molecule has 0 radical (unpaired) electrons. The number of aliphatic hydroxyl groups is 1. The SMILES string of the molecule is OCCNc1ccccc1Oc1ccccc1. The van der Waals surface area contributed by atoms with Gasteiger partial charge < -0.3 is 15.2 Å². The number of para-hydroxylation sites is 3. The maximum Gasteiger partial charge on any atom is 0.150 e. The number of anilines is 1. The third kappa shape index (κ3) is 3.23. The van der Waals surface area contributed by atoms with Crippen molar-refractivity contribution in [2.75, 3.05) is 18.5 Å². The van der Waals surface area contributed by atoms with Crippen molar-refractivity contribution < 1.29 is 9.84 Å². The quantitative estimate of drug-likeness (QED) is 0.828. The van der Waals surface area contributed by atoms with Gasteiger partial charge in [0.15, 0.2) is 5.75 Å². The molecule has 0 atom stereocenters. The third-order valence-electron chi connectivity index (χ3n) is 2.29. The van der Waals surface area contributed by atoms with Crippen LogP contribution in [-0.2, 0) is 0 Å². The fourth-order valence-corrected chi connectivity index (χ4v) is 1.51. The Labute approximate surface area is 101 Å². The van der Waals surface area contributed by atoms with E-state index >= 15 is 0 Å². The van der Waals surface area contributed by atoms with E-state index in [-0.39, 0.29) is 6.61 Å². The van der Waals surface area contributed by atoms with Crippen LogP contribution in [0.25, 0.3) is 0 Å². The minimum atomic E-state index is 0.0969. The molecule has 0 saturated carbocycles. The molecular weight excluding hydrogens is 214 g/mol. The Hall–Kier alpha value is -2.00. The van der Waals surface area contributed by atoms with Crippen LogP contribution < -0.4 is 10.1 Å². The van der Waals surface area contributed by atoms with E-state index < -0.39 is 0 Å². The van der Waals surface area contributed by atoms with Crippen LogP contribution in [0.5, 0.6) is 11.5 Å². The lowest BCUT2D eigenvalue weighted by Crippen LogP contribution is -2.06. The van der Waals surface area contributed by atoms with E-state index in [0.29, 0.717) is 6.54 Å². The van der Waals surface area contributed by atoms with Gasteiger partial charge in [0, 0.05) is 6.54 Å². The predicted molar refractivity (Wildman–Crippen MR) is 68.5 cm³/mol. The second-order valence-electron chi connectivity index (χ2n) is 3.56. The van der Waals surface area contributed by atoms with E-state index in [1.165, 1.54) is 0 Å². The second-order valence-corrected chi connectivity index (χ2v) is 3.56. The first kappa shape index (κ1) is 11.5. The Morgan fingerprint density at radius 2 is 1.65 bits per heavy atom. The monoisotopic (exact) mass is 229 g/mol. The molecule has 0 aliphatic rings. The average molecular weight is 229 g/mol. The molecule has 0 aliphatic carbocycles. The van der Waals surface area contributed by atoms with Crippen LogP contribution in [0.3, 0.4) is 0 Å². The summed E-state index contributed by atoms with van der Waals surface area (Å²) >= 11 is 0. The Morgan fingerprint density at radius 1 is 0.941 bits per heavy atom. The standard InChI is InChI=1S/C14H15NO2/c16-11-10-15-13-8-4-5-9-14(13)17-12-6-2-1-3-7-12/h1-9,15-16H,10-11H2. The summed E-state index contributed by atoms with van der Waals surface area (Å²) in [7, 11) is 0. The smallest absolute Gasteiger partial charge is 0.150 e. The summed E-state index contributed by atoms with van der Waals surface area (Å²) in [5.41, 5.74) is 0.880. The molecule has 0 aromatic heterocycles. The van der Waals surface area contributed by atoms with Crippen LogP contribution in [0.15, 0.2) is 54.6 Å². The van der Waals surface area contributed by atoms with E-state index in [1.807, 2.05) is 54.6 Å². The first-order valence-electron chi connectivity index (χ1n) is 5.57. The highest BCUT2D eigenvalue weighted by Crippen LogP contribution is 2.28. The highest BCUT2D eigenvalue weighted by Gasteiger charge is 2.02. The molecule has 2 aromatic carbocycles. The van der Waals surface area contributed by atoms with Gasteiger partial charge in [0.25, 0.3) is 0 Å². The van der Waals surface area contributed by atoms with E-state index in [2.05, 4.69) is 5.32 Å². The van der Waals surface area contributed by atoms with Crippen molar-refractivity contribution in [2.24, 2.45) is 0 Å². The van der Waals surface area contributed by atoms with E-state index in [0.717, 1.165) is 17.2 Å². The van der Waals surface area contributed by atoms with Crippen LogP contribution in [-0.4, -0.2) is 18.3 Å². The molecule has 2 aromatic rings. The molecule has 0 amide bonds. The van der Waals surface area contributed by atoms with Crippen LogP contribution in [0.4, 0.5) is 5.69 Å². The third-order valence-corrected chi connectivity index (χ3v) is 2.29. The number of aliphatic hydroxyl groups excluding tert-OH is 1. The van der Waals surface area contributed by atoms with Gasteiger partial charge in [-0.1, -0.05) is 30.3 Å². The maximum absolute atomic E-state index is 8.80. The molecule has 17 heavy (non-hydrogen) atoms. The lowest BCUT2D eigenvalue weighted by atomic mass is 10.3. The number of hydrogen-bond donors (Lipinski definition) is 2. The van der Waals surface area contributed by atoms with Gasteiger partial charge >= 0.3 is 0 Å². The maximum atomic E-state index is 8.80. The van der Waals surface area contributed by atoms with Crippen molar-refractivity contribution in [1.82, 2.24) is 0 Å². The van der Waals surface area contributed by atoms with Gasteiger partial charge in [-0.25, -0.2) is 0 Å². The van der Waals surface area contributed by atoms with Crippen molar-refractivity contribution in [3.8, 4) is 11.5 Å². The van der Waals surface area contributed by atoms with Gasteiger partial charge in [0.05, 0.1) is 12.3 Å².